The van der Waals surface area contributed by atoms with Gasteiger partial charge in [-0.15, -0.1) is 11.3 Å². The van der Waals surface area contributed by atoms with E-state index < -0.39 is 39.9 Å². The summed E-state index contributed by atoms with van der Waals surface area (Å²) in [6.45, 7) is -0.00733. The van der Waals surface area contributed by atoms with Gasteiger partial charge in [0.05, 0.1) is 29.4 Å². The van der Waals surface area contributed by atoms with Crippen molar-refractivity contribution in [1.82, 2.24) is 9.29 Å². The van der Waals surface area contributed by atoms with Gasteiger partial charge in [-0.3, -0.25) is 10.1 Å². The van der Waals surface area contributed by atoms with Crippen LogP contribution in [0.25, 0.3) is 11.3 Å². The van der Waals surface area contributed by atoms with Gasteiger partial charge in [-0.2, -0.15) is 4.31 Å². The number of ether oxygens (including phenoxy) is 2. The van der Waals surface area contributed by atoms with Gasteiger partial charge < -0.3 is 9.47 Å². The Balaban J connectivity index is 1.38. The molecule has 0 aliphatic carbocycles. The Kier molecular flexibility index (Phi) is 7.50. The summed E-state index contributed by atoms with van der Waals surface area (Å²) in [5, 5.41) is 4.33. The molecule has 2 aromatic carbocycles. The average Bonchev–Trinajstić information content (AvgIpc) is 3.32. The van der Waals surface area contributed by atoms with Crippen LogP contribution in [0.5, 0.6) is 0 Å². The molecule has 0 spiro atoms. The first-order valence-electron chi connectivity index (χ1n) is 10.3. The summed E-state index contributed by atoms with van der Waals surface area (Å²) in [4.78, 5) is 28.5. The van der Waals surface area contributed by atoms with E-state index >= 15 is 0 Å². The lowest BCUT2D eigenvalue weighted by Gasteiger charge is -2.26. The van der Waals surface area contributed by atoms with Crippen molar-refractivity contribution in [2.24, 2.45) is 0 Å². The molecular formula is C22H19F2N3O6S2. The molecule has 0 unspecified atom stereocenters. The number of hydrogen-bond donors (Lipinski definition) is 1. The van der Waals surface area contributed by atoms with Gasteiger partial charge in [-0.25, -0.2) is 27.0 Å². The normalized spacial score (nSPS) is 14.5. The van der Waals surface area contributed by atoms with E-state index in [1.165, 1.54) is 16.4 Å². The number of rotatable bonds is 7. The first-order chi connectivity index (χ1) is 16.7. The molecule has 35 heavy (non-hydrogen) atoms. The minimum atomic E-state index is -3.96. The fourth-order valence-corrected chi connectivity index (χ4v) is 5.38. The summed E-state index contributed by atoms with van der Waals surface area (Å²) >= 11 is 1.11. The van der Waals surface area contributed by atoms with Gasteiger partial charge in [-0.05, 0) is 42.5 Å². The number of amides is 1. The second-order valence-electron chi connectivity index (χ2n) is 7.33. The Morgan fingerprint density at radius 2 is 1.83 bits per heavy atom. The number of nitrogens with one attached hydrogen (secondary N) is 1. The van der Waals surface area contributed by atoms with Crippen molar-refractivity contribution >= 4 is 38.4 Å². The number of carbonyl (C=O) groups excluding carboxylic acids is 2. The van der Waals surface area contributed by atoms with Gasteiger partial charge in [0.25, 0.3) is 5.91 Å². The lowest BCUT2D eigenvalue weighted by atomic mass is 10.2. The Morgan fingerprint density at radius 3 is 2.54 bits per heavy atom. The largest absolute Gasteiger partial charge is 0.452 e. The fourth-order valence-electron chi connectivity index (χ4n) is 3.21. The molecule has 1 aliphatic rings. The van der Waals surface area contributed by atoms with Crippen LogP contribution in [0.1, 0.15) is 10.4 Å². The first kappa shape index (κ1) is 24.9. The van der Waals surface area contributed by atoms with Crippen LogP contribution in [0.2, 0.25) is 0 Å². The summed E-state index contributed by atoms with van der Waals surface area (Å²) in [6, 6.07) is 8.45. The number of anilines is 1. The molecule has 4 rings (SSSR count). The maximum atomic E-state index is 14.2. The first-order valence-corrected chi connectivity index (χ1v) is 12.6. The van der Waals surface area contributed by atoms with E-state index in [0.717, 1.165) is 29.5 Å². The molecule has 1 saturated heterocycles. The maximum Gasteiger partial charge on any atom is 0.341 e. The number of thiazole rings is 1. The Bertz CT molecular complexity index is 1340. The number of halogens is 2. The molecule has 3 aromatic rings. The molecule has 1 aromatic heterocycles. The van der Waals surface area contributed by atoms with E-state index in [4.69, 9.17) is 9.47 Å². The highest BCUT2D eigenvalue weighted by Crippen LogP contribution is 2.25. The van der Waals surface area contributed by atoms with Crippen molar-refractivity contribution in [3.05, 3.63) is 65.0 Å². The van der Waals surface area contributed by atoms with E-state index in [1.807, 2.05) is 0 Å². The molecule has 2 heterocycles. The lowest BCUT2D eigenvalue weighted by Crippen LogP contribution is -2.40. The maximum absolute atomic E-state index is 14.2. The van der Waals surface area contributed by atoms with Crippen molar-refractivity contribution in [2.75, 3.05) is 38.2 Å². The summed E-state index contributed by atoms with van der Waals surface area (Å²) in [7, 11) is -3.96. The van der Waals surface area contributed by atoms with Crippen LogP contribution in [0.4, 0.5) is 13.9 Å². The number of carbonyl (C=O) groups is 2. The number of aromatic nitrogens is 1. The molecular weight excluding hydrogens is 504 g/mol. The van der Waals surface area contributed by atoms with Crippen LogP contribution >= 0.6 is 11.3 Å². The highest BCUT2D eigenvalue weighted by Gasteiger charge is 2.28. The minimum absolute atomic E-state index is 0.138. The Labute approximate surface area is 203 Å². The SMILES string of the molecule is O=C(COC(=O)c1cc(S(=O)(=O)N2CCOCC2)ccc1F)Nc1nc(-c2ccc(F)cc2)cs1. The van der Waals surface area contributed by atoms with E-state index in [0.29, 0.717) is 11.3 Å². The van der Waals surface area contributed by atoms with E-state index in [1.54, 1.807) is 17.5 Å². The van der Waals surface area contributed by atoms with Gasteiger partial charge >= 0.3 is 5.97 Å². The Hall–Kier alpha value is -3.26. The summed E-state index contributed by atoms with van der Waals surface area (Å²) in [5.74, 6) is -3.29. The molecule has 0 atom stereocenters. The third-order valence-electron chi connectivity index (χ3n) is 4.99. The molecule has 0 saturated carbocycles. The number of morpholine rings is 1. The van der Waals surface area contributed by atoms with Crippen molar-refractivity contribution in [2.45, 2.75) is 4.90 Å². The molecule has 1 N–H and O–H groups in total. The van der Waals surface area contributed by atoms with Gasteiger partial charge in [0, 0.05) is 24.0 Å². The van der Waals surface area contributed by atoms with Crippen molar-refractivity contribution in [1.29, 1.82) is 0 Å². The third kappa shape index (κ3) is 5.88. The number of nitrogens with zero attached hydrogens (tertiary/aromatic N) is 2. The Morgan fingerprint density at radius 1 is 1.11 bits per heavy atom. The van der Waals surface area contributed by atoms with E-state index in [-0.39, 0.29) is 42.1 Å². The smallest absolute Gasteiger partial charge is 0.341 e. The predicted molar refractivity (Wildman–Crippen MR) is 122 cm³/mol. The number of esters is 1. The molecule has 1 aliphatic heterocycles. The summed E-state index contributed by atoms with van der Waals surface area (Å²) in [5.41, 5.74) is 0.555. The van der Waals surface area contributed by atoms with Crippen molar-refractivity contribution in [3.8, 4) is 11.3 Å². The zero-order chi connectivity index (χ0) is 25.0. The highest BCUT2D eigenvalue weighted by molar-refractivity contribution is 7.89. The number of hydrogen-bond acceptors (Lipinski definition) is 8. The highest BCUT2D eigenvalue weighted by atomic mass is 32.2. The van der Waals surface area contributed by atoms with Crippen molar-refractivity contribution < 1.29 is 36.3 Å². The average molecular weight is 524 g/mol. The minimum Gasteiger partial charge on any atom is -0.452 e. The molecule has 9 nitrogen and oxygen atoms in total. The topological polar surface area (TPSA) is 115 Å². The van der Waals surface area contributed by atoms with Crippen LogP contribution in [0.3, 0.4) is 0 Å². The fraction of sp³-hybridized carbons (Fsp3) is 0.227. The zero-order valence-electron chi connectivity index (χ0n) is 18.1. The lowest BCUT2D eigenvalue weighted by molar-refractivity contribution is -0.119. The molecule has 184 valence electrons. The number of sulfonamides is 1. The number of benzene rings is 2. The standard InChI is InChI=1S/C22H19F2N3O6S2/c23-15-3-1-14(2-4-15)19-13-34-22(25-19)26-20(28)12-33-21(29)17-11-16(5-6-18(17)24)35(30,31)27-7-9-32-10-8-27/h1-6,11,13H,7-10,12H2,(H,25,26,28). The van der Waals surface area contributed by atoms with Gasteiger partial charge in [-0.1, -0.05) is 0 Å². The van der Waals surface area contributed by atoms with Crippen LogP contribution in [-0.2, 0) is 24.3 Å². The molecule has 0 radical (unpaired) electrons. The zero-order valence-corrected chi connectivity index (χ0v) is 19.7. The van der Waals surface area contributed by atoms with Crippen LogP contribution in [-0.4, -0.2) is 62.5 Å². The third-order valence-corrected chi connectivity index (χ3v) is 7.64. The second kappa shape index (κ2) is 10.6. The van der Waals surface area contributed by atoms with Crippen LogP contribution in [0, 0.1) is 11.6 Å². The van der Waals surface area contributed by atoms with Gasteiger partial charge in [0.2, 0.25) is 10.0 Å². The van der Waals surface area contributed by atoms with Crippen LogP contribution in [0.15, 0.2) is 52.7 Å². The summed E-state index contributed by atoms with van der Waals surface area (Å²) < 4.78 is 64.1. The molecule has 0 bridgehead atoms. The summed E-state index contributed by atoms with van der Waals surface area (Å²) in [6.07, 6.45) is 0. The van der Waals surface area contributed by atoms with Crippen LogP contribution < -0.4 is 5.32 Å². The molecule has 13 heteroatoms. The van der Waals surface area contributed by atoms with Gasteiger partial charge in [0.15, 0.2) is 11.7 Å². The molecule has 1 amide bonds. The van der Waals surface area contributed by atoms with Crippen molar-refractivity contribution in [3.63, 3.8) is 0 Å². The van der Waals surface area contributed by atoms with E-state index in [2.05, 4.69) is 10.3 Å². The van der Waals surface area contributed by atoms with E-state index in [9.17, 15) is 26.8 Å². The van der Waals surface area contributed by atoms with Gasteiger partial charge in [0.1, 0.15) is 11.6 Å². The predicted octanol–water partition coefficient (Wildman–Crippen LogP) is 2.90. The quantitative estimate of drug-likeness (QED) is 0.474. The monoisotopic (exact) mass is 523 g/mol. The molecule has 1 fully saturated rings. The second-order valence-corrected chi connectivity index (χ2v) is 10.1.